The molecule has 0 saturated heterocycles. The molecule has 4 rings (SSSR count). The quantitative estimate of drug-likeness (QED) is 0.386. The summed E-state index contributed by atoms with van der Waals surface area (Å²) in [4.78, 5) is 30.0. The largest absolute Gasteiger partial charge is 0.416 e. The summed E-state index contributed by atoms with van der Waals surface area (Å²) in [5.41, 5.74) is 1.09. The van der Waals surface area contributed by atoms with Crippen LogP contribution in [0.3, 0.4) is 0 Å². The first-order valence-corrected chi connectivity index (χ1v) is 10.7. The first-order valence-electron chi connectivity index (χ1n) is 9.54. The number of rotatable bonds is 4. The Hall–Kier alpha value is -2.79. The van der Waals surface area contributed by atoms with E-state index in [0.29, 0.717) is 15.7 Å². The van der Waals surface area contributed by atoms with E-state index >= 15 is 0 Å². The molecule has 0 unspecified atom stereocenters. The molecule has 7 nitrogen and oxygen atoms in total. The van der Waals surface area contributed by atoms with E-state index in [-0.39, 0.29) is 28.0 Å². The third kappa shape index (κ3) is 5.00. The molecule has 0 radical (unpaired) electrons. The zero-order valence-electron chi connectivity index (χ0n) is 16.8. The molecule has 4 aromatic rings. The van der Waals surface area contributed by atoms with Crippen LogP contribution in [-0.2, 0) is 10.3 Å². The van der Waals surface area contributed by atoms with E-state index in [1.54, 1.807) is 24.4 Å². The number of aliphatic hydroxyl groups is 1. The molecule has 13 heteroatoms. The lowest BCUT2D eigenvalue weighted by Crippen LogP contribution is -2.36. The van der Waals surface area contributed by atoms with Crippen molar-refractivity contribution in [2.45, 2.75) is 22.6 Å². The highest BCUT2D eigenvalue weighted by Crippen LogP contribution is 2.37. The number of fused-ring (bicyclic) bond motifs is 1. The van der Waals surface area contributed by atoms with Crippen LogP contribution in [0.2, 0.25) is 0 Å². The maximum atomic E-state index is 13.1. The van der Waals surface area contributed by atoms with Crippen molar-refractivity contribution in [2.24, 2.45) is 0 Å². The molecule has 0 saturated carbocycles. The van der Waals surface area contributed by atoms with Crippen LogP contribution < -0.4 is 5.56 Å². The normalized spacial score (nSPS) is 13.3. The average molecular weight is 531 g/mol. The first kappa shape index (κ1) is 24.3. The van der Waals surface area contributed by atoms with Crippen molar-refractivity contribution in [3.05, 3.63) is 71.3 Å². The number of hydrogen-bond donors (Lipinski definition) is 1. The van der Waals surface area contributed by atoms with Gasteiger partial charge in [0.1, 0.15) is 5.52 Å². The van der Waals surface area contributed by atoms with Gasteiger partial charge in [-0.2, -0.15) is 13.2 Å². The van der Waals surface area contributed by atoms with E-state index in [1.807, 2.05) is 0 Å². The number of pyridine rings is 3. The Balaban J connectivity index is 1.91. The summed E-state index contributed by atoms with van der Waals surface area (Å²) >= 11 is 17.5. The van der Waals surface area contributed by atoms with E-state index in [9.17, 15) is 23.1 Å². The minimum atomic E-state index is -4.89. The van der Waals surface area contributed by atoms with Gasteiger partial charge in [-0.05, 0) is 30.3 Å². The van der Waals surface area contributed by atoms with Crippen molar-refractivity contribution in [3.63, 3.8) is 0 Å². The molecule has 0 aromatic carbocycles. The minimum Gasteiger partial charge on any atom is -0.382 e. The van der Waals surface area contributed by atoms with E-state index in [0.717, 1.165) is 6.33 Å². The minimum absolute atomic E-state index is 0.00817. The molecule has 4 aromatic heterocycles. The van der Waals surface area contributed by atoms with Crippen LogP contribution in [0.1, 0.15) is 5.69 Å². The maximum absolute atomic E-state index is 13.1. The molecular weight excluding hydrogens is 518 g/mol. The standard InChI is InChI=1S/C21H13Cl3F3N5O2/c22-20(23,24)15-4-3-11(8-29-15)14-6-13-18(17(31-14)12-2-1-5-28-7-12)30-10-32(19(13)34)9-16(33)21(25,26)27/h1-8,10,16,33H,9H2/t16-/m1/s1. The van der Waals surface area contributed by atoms with Gasteiger partial charge in [0, 0.05) is 29.7 Å². The fourth-order valence-corrected chi connectivity index (χ4v) is 3.49. The van der Waals surface area contributed by atoms with Gasteiger partial charge in [0.25, 0.3) is 5.56 Å². The van der Waals surface area contributed by atoms with Gasteiger partial charge >= 0.3 is 6.18 Å². The molecule has 0 amide bonds. The van der Waals surface area contributed by atoms with Crippen molar-refractivity contribution < 1.29 is 18.3 Å². The molecule has 0 fully saturated rings. The van der Waals surface area contributed by atoms with Gasteiger partial charge in [0.05, 0.1) is 35.3 Å². The van der Waals surface area contributed by atoms with Crippen molar-refractivity contribution in [1.29, 1.82) is 0 Å². The molecule has 176 valence electrons. The highest BCUT2D eigenvalue weighted by molar-refractivity contribution is 6.66. The molecule has 0 spiro atoms. The average Bonchev–Trinajstić information content (AvgIpc) is 2.80. The third-order valence-electron chi connectivity index (χ3n) is 4.84. The van der Waals surface area contributed by atoms with Crippen LogP contribution >= 0.6 is 34.8 Å². The summed E-state index contributed by atoms with van der Waals surface area (Å²) in [6.45, 7) is -1.01. The van der Waals surface area contributed by atoms with Gasteiger partial charge < -0.3 is 5.11 Å². The topological polar surface area (TPSA) is 93.8 Å². The summed E-state index contributed by atoms with van der Waals surface area (Å²) < 4.78 is 37.4. The molecule has 34 heavy (non-hydrogen) atoms. The van der Waals surface area contributed by atoms with Gasteiger partial charge in [-0.25, -0.2) is 9.97 Å². The summed E-state index contributed by atoms with van der Waals surface area (Å²) in [6, 6.07) is 7.79. The fourth-order valence-electron chi connectivity index (χ4n) is 3.15. The molecule has 0 aliphatic rings. The Morgan fingerprint density at radius 2 is 1.82 bits per heavy atom. The van der Waals surface area contributed by atoms with E-state index in [1.165, 1.54) is 24.5 Å². The van der Waals surface area contributed by atoms with E-state index in [2.05, 4.69) is 19.9 Å². The number of aliphatic hydroxyl groups excluding tert-OH is 1. The smallest absolute Gasteiger partial charge is 0.382 e. The van der Waals surface area contributed by atoms with E-state index < -0.39 is 28.2 Å². The first-order chi connectivity index (χ1) is 15.9. The Bertz CT molecular complexity index is 1390. The summed E-state index contributed by atoms with van der Waals surface area (Å²) in [5.74, 6) is 0. The zero-order valence-corrected chi connectivity index (χ0v) is 19.1. The fraction of sp³-hybridized carbons (Fsp3) is 0.190. The molecule has 0 aliphatic heterocycles. The van der Waals surface area contributed by atoms with Crippen LogP contribution in [-0.4, -0.2) is 41.9 Å². The Morgan fingerprint density at radius 3 is 2.41 bits per heavy atom. The predicted molar refractivity (Wildman–Crippen MR) is 122 cm³/mol. The highest BCUT2D eigenvalue weighted by atomic mass is 35.6. The number of halogens is 6. The van der Waals surface area contributed by atoms with Gasteiger partial charge in [0.15, 0.2) is 6.10 Å². The zero-order chi connectivity index (χ0) is 24.7. The second kappa shape index (κ2) is 9.10. The second-order valence-electron chi connectivity index (χ2n) is 7.18. The Labute approximate surface area is 204 Å². The number of hydrogen-bond acceptors (Lipinski definition) is 6. The molecule has 1 N–H and O–H groups in total. The molecular formula is C21H13Cl3F3N5O2. The second-order valence-corrected chi connectivity index (χ2v) is 9.46. The molecule has 0 aliphatic carbocycles. The lowest BCUT2D eigenvalue weighted by molar-refractivity contribution is -0.207. The van der Waals surface area contributed by atoms with Crippen LogP contribution in [0, 0.1) is 0 Å². The lowest BCUT2D eigenvalue weighted by atomic mass is 10.1. The van der Waals surface area contributed by atoms with E-state index in [4.69, 9.17) is 34.8 Å². The van der Waals surface area contributed by atoms with Gasteiger partial charge in [-0.3, -0.25) is 19.3 Å². The molecule has 4 heterocycles. The van der Waals surface area contributed by atoms with Crippen molar-refractivity contribution >= 4 is 45.7 Å². The van der Waals surface area contributed by atoms with Gasteiger partial charge in [0.2, 0.25) is 3.79 Å². The monoisotopic (exact) mass is 529 g/mol. The molecule has 0 bridgehead atoms. The summed E-state index contributed by atoms with van der Waals surface area (Å²) in [5, 5.41) is 9.41. The Morgan fingerprint density at radius 1 is 1.06 bits per heavy atom. The number of aromatic nitrogens is 5. The third-order valence-corrected chi connectivity index (χ3v) is 5.42. The van der Waals surface area contributed by atoms with Crippen LogP contribution in [0.15, 0.2) is 60.0 Å². The lowest BCUT2D eigenvalue weighted by Gasteiger charge is -2.16. The van der Waals surface area contributed by atoms with Crippen molar-refractivity contribution in [1.82, 2.24) is 24.5 Å². The van der Waals surface area contributed by atoms with Crippen molar-refractivity contribution in [2.75, 3.05) is 0 Å². The van der Waals surface area contributed by atoms with Crippen LogP contribution in [0.4, 0.5) is 13.2 Å². The predicted octanol–water partition coefficient (Wildman–Crippen LogP) is 4.67. The van der Waals surface area contributed by atoms with Gasteiger partial charge in [-0.15, -0.1) is 0 Å². The SMILES string of the molecule is O=c1c2cc(-c3ccc(C(Cl)(Cl)Cl)nc3)nc(-c3cccnc3)c2ncn1C[C@@H](O)C(F)(F)F. The maximum Gasteiger partial charge on any atom is 0.416 e. The van der Waals surface area contributed by atoms with Gasteiger partial charge in [-0.1, -0.05) is 34.8 Å². The Kier molecular flexibility index (Phi) is 6.52. The van der Waals surface area contributed by atoms with Crippen LogP contribution in [0.5, 0.6) is 0 Å². The van der Waals surface area contributed by atoms with Crippen LogP contribution in [0.25, 0.3) is 33.4 Å². The van der Waals surface area contributed by atoms with Crippen molar-refractivity contribution in [3.8, 4) is 22.5 Å². The number of nitrogens with zero attached hydrogens (tertiary/aromatic N) is 5. The summed E-state index contributed by atoms with van der Waals surface area (Å²) in [6.07, 6.45) is -2.24. The molecule has 1 atom stereocenters. The summed E-state index contributed by atoms with van der Waals surface area (Å²) in [7, 11) is 0. The highest BCUT2D eigenvalue weighted by Gasteiger charge is 2.38. The number of alkyl halides is 6.